The Kier molecular flexibility index (Phi) is 9.13. The standard InChI is InChI=1S/C27H33ClFN5O3/c1-19(2)30-27(36)33(12-11-32-13-15-37-16-14-32)18-26(35)34-25(20-7-9-21(28)10-8-20)17-24(31-34)22-5-3-4-6-23(22)29/h3-10,19,25H,11-18H2,1-2H3,(H,30,36)/t25-/m1/s1. The topological polar surface area (TPSA) is 77.5 Å². The number of carbonyl (C=O) groups is 2. The van der Waals surface area contributed by atoms with Crippen LogP contribution in [0.5, 0.6) is 0 Å². The number of hydrogen-bond acceptors (Lipinski definition) is 5. The average molecular weight is 530 g/mol. The van der Waals surface area contributed by atoms with Gasteiger partial charge in [0.15, 0.2) is 0 Å². The predicted octanol–water partition coefficient (Wildman–Crippen LogP) is 3.91. The third-order valence-corrected chi connectivity index (χ3v) is 6.67. The zero-order valence-electron chi connectivity index (χ0n) is 21.2. The van der Waals surface area contributed by atoms with Gasteiger partial charge in [-0.3, -0.25) is 9.69 Å². The number of halogens is 2. The summed E-state index contributed by atoms with van der Waals surface area (Å²) < 4.78 is 20.0. The first kappa shape index (κ1) is 27.0. The molecule has 2 aliphatic rings. The van der Waals surface area contributed by atoms with E-state index in [2.05, 4.69) is 15.3 Å². The van der Waals surface area contributed by atoms with Crippen molar-refractivity contribution >= 4 is 29.3 Å². The van der Waals surface area contributed by atoms with E-state index in [1.165, 1.54) is 16.0 Å². The summed E-state index contributed by atoms with van der Waals surface area (Å²) in [7, 11) is 0. The van der Waals surface area contributed by atoms with Gasteiger partial charge in [0.05, 0.1) is 25.0 Å². The second-order valence-corrected chi connectivity index (χ2v) is 9.95. The Morgan fingerprint density at radius 3 is 2.54 bits per heavy atom. The van der Waals surface area contributed by atoms with Crippen molar-refractivity contribution < 1.29 is 18.7 Å². The lowest BCUT2D eigenvalue weighted by Crippen LogP contribution is -2.50. The van der Waals surface area contributed by atoms with Crippen LogP contribution in [0.4, 0.5) is 9.18 Å². The maximum atomic E-state index is 14.6. The summed E-state index contributed by atoms with van der Waals surface area (Å²) >= 11 is 6.08. The third-order valence-electron chi connectivity index (χ3n) is 6.42. The maximum absolute atomic E-state index is 14.6. The average Bonchev–Trinajstić information content (AvgIpc) is 3.32. The number of nitrogens with zero attached hydrogens (tertiary/aromatic N) is 4. The molecule has 1 atom stereocenters. The highest BCUT2D eigenvalue weighted by molar-refractivity contribution is 6.30. The molecule has 2 aromatic rings. The molecule has 1 N–H and O–H groups in total. The van der Waals surface area contributed by atoms with Gasteiger partial charge in [0.1, 0.15) is 12.4 Å². The molecular formula is C27H33ClFN5O3. The molecule has 0 aromatic heterocycles. The maximum Gasteiger partial charge on any atom is 0.318 e. The van der Waals surface area contributed by atoms with Crippen molar-refractivity contribution in [3.05, 3.63) is 70.5 Å². The number of amides is 3. The van der Waals surface area contributed by atoms with Crippen molar-refractivity contribution in [1.82, 2.24) is 20.1 Å². The van der Waals surface area contributed by atoms with Crippen molar-refractivity contribution in [3.63, 3.8) is 0 Å². The molecule has 0 spiro atoms. The van der Waals surface area contributed by atoms with Gasteiger partial charge in [-0.25, -0.2) is 14.2 Å². The fourth-order valence-electron chi connectivity index (χ4n) is 4.46. The number of carbonyl (C=O) groups excluding carboxylic acids is 2. The minimum absolute atomic E-state index is 0.0761. The van der Waals surface area contributed by atoms with Crippen molar-refractivity contribution in [2.24, 2.45) is 5.10 Å². The first-order valence-electron chi connectivity index (χ1n) is 12.6. The Labute approximate surface area is 222 Å². The van der Waals surface area contributed by atoms with Crippen LogP contribution in [0.1, 0.15) is 37.4 Å². The van der Waals surface area contributed by atoms with E-state index in [4.69, 9.17) is 16.3 Å². The summed E-state index contributed by atoms with van der Waals surface area (Å²) in [4.78, 5) is 30.4. The second-order valence-electron chi connectivity index (χ2n) is 9.52. The molecule has 0 radical (unpaired) electrons. The molecule has 2 heterocycles. The summed E-state index contributed by atoms with van der Waals surface area (Å²) in [5.41, 5.74) is 1.68. The first-order valence-corrected chi connectivity index (χ1v) is 12.9. The van der Waals surface area contributed by atoms with E-state index < -0.39 is 11.9 Å². The van der Waals surface area contributed by atoms with E-state index in [-0.39, 0.29) is 24.5 Å². The molecule has 37 heavy (non-hydrogen) atoms. The first-order chi connectivity index (χ1) is 17.8. The Bertz CT molecular complexity index is 1120. The molecule has 0 aliphatic carbocycles. The van der Waals surface area contributed by atoms with Gasteiger partial charge in [-0.05, 0) is 37.6 Å². The predicted molar refractivity (Wildman–Crippen MR) is 141 cm³/mol. The van der Waals surface area contributed by atoms with Crippen molar-refractivity contribution in [3.8, 4) is 0 Å². The fourth-order valence-corrected chi connectivity index (χ4v) is 4.58. The Balaban J connectivity index is 1.56. The molecule has 4 rings (SSSR count). The minimum Gasteiger partial charge on any atom is -0.379 e. The van der Waals surface area contributed by atoms with Crippen molar-refractivity contribution in [2.45, 2.75) is 32.4 Å². The highest BCUT2D eigenvalue weighted by Gasteiger charge is 2.35. The lowest BCUT2D eigenvalue weighted by atomic mass is 9.98. The van der Waals surface area contributed by atoms with E-state index in [0.717, 1.165) is 18.7 Å². The van der Waals surface area contributed by atoms with Crippen LogP contribution in [0.25, 0.3) is 0 Å². The van der Waals surface area contributed by atoms with Gasteiger partial charge in [-0.15, -0.1) is 0 Å². The number of rotatable bonds is 8. The molecule has 8 nitrogen and oxygen atoms in total. The van der Waals surface area contributed by atoms with Gasteiger partial charge in [0, 0.05) is 49.2 Å². The van der Waals surface area contributed by atoms with E-state index in [9.17, 15) is 14.0 Å². The van der Waals surface area contributed by atoms with Gasteiger partial charge in [0.2, 0.25) is 0 Å². The van der Waals surface area contributed by atoms with Crippen LogP contribution < -0.4 is 5.32 Å². The Morgan fingerprint density at radius 1 is 1.16 bits per heavy atom. The van der Waals surface area contributed by atoms with Gasteiger partial charge in [0.25, 0.3) is 5.91 Å². The van der Waals surface area contributed by atoms with E-state index >= 15 is 0 Å². The summed E-state index contributed by atoms with van der Waals surface area (Å²) in [6, 6.07) is 12.8. The summed E-state index contributed by atoms with van der Waals surface area (Å²) in [5.74, 6) is -0.735. The highest BCUT2D eigenvalue weighted by atomic mass is 35.5. The Hall–Kier alpha value is -3.01. The molecular weight excluding hydrogens is 497 g/mol. The van der Waals surface area contributed by atoms with Crippen LogP contribution in [0.3, 0.4) is 0 Å². The largest absolute Gasteiger partial charge is 0.379 e. The molecule has 1 fully saturated rings. The Morgan fingerprint density at radius 2 is 1.86 bits per heavy atom. The smallest absolute Gasteiger partial charge is 0.318 e. The number of benzene rings is 2. The minimum atomic E-state index is -0.436. The summed E-state index contributed by atoms with van der Waals surface area (Å²) in [6.07, 6.45) is 0.347. The molecule has 0 bridgehead atoms. The zero-order valence-corrected chi connectivity index (χ0v) is 22.0. The van der Waals surface area contributed by atoms with Crippen LogP contribution in [0.15, 0.2) is 53.6 Å². The molecule has 0 unspecified atom stereocenters. The van der Waals surface area contributed by atoms with Crippen LogP contribution in [0.2, 0.25) is 5.02 Å². The zero-order chi connectivity index (χ0) is 26.4. The van der Waals surface area contributed by atoms with Gasteiger partial charge in [-0.2, -0.15) is 5.10 Å². The van der Waals surface area contributed by atoms with Crippen LogP contribution in [-0.2, 0) is 9.53 Å². The lowest BCUT2D eigenvalue weighted by Gasteiger charge is -2.31. The quantitative estimate of drug-likeness (QED) is 0.562. The molecule has 1 saturated heterocycles. The van der Waals surface area contributed by atoms with E-state index in [1.54, 1.807) is 30.3 Å². The molecule has 2 aromatic carbocycles. The normalized spacial score (nSPS) is 18.1. The van der Waals surface area contributed by atoms with Gasteiger partial charge < -0.3 is 15.0 Å². The van der Waals surface area contributed by atoms with Gasteiger partial charge >= 0.3 is 6.03 Å². The van der Waals surface area contributed by atoms with Gasteiger partial charge in [-0.1, -0.05) is 41.9 Å². The molecule has 2 aliphatic heterocycles. The van der Waals surface area contributed by atoms with Crippen LogP contribution in [-0.4, -0.2) is 84.4 Å². The van der Waals surface area contributed by atoms with Crippen molar-refractivity contribution in [1.29, 1.82) is 0 Å². The van der Waals surface area contributed by atoms with E-state index in [0.29, 0.717) is 49.0 Å². The molecule has 198 valence electrons. The SMILES string of the molecule is CC(C)NC(=O)N(CCN1CCOCC1)CC(=O)N1N=C(c2ccccc2F)C[C@@H]1c1ccc(Cl)cc1. The number of morpholine rings is 1. The molecule has 10 heteroatoms. The fraction of sp³-hybridized carbons (Fsp3) is 0.444. The number of ether oxygens (including phenoxy) is 1. The summed E-state index contributed by atoms with van der Waals surface area (Å²) in [5, 5.41) is 9.42. The lowest BCUT2D eigenvalue weighted by molar-refractivity contribution is -0.133. The highest BCUT2D eigenvalue weighted by Crippen LogP contribution is 2.34. The third kappa shape index (κ3) is 7.06. The second kappa shape index (κ2) is 12.5. The number of urea groups is 1. The number of hydrogen-bond donors (Lipinski definition) is 1. The monoisotopic (exact) mass is 529 g/mol. The van der Waals surface area contributed by atoms with E-state index in [1.807, 2.05) is 26.0 Å². The van der Waals surface area contributed by atoms with Crippen molar-refractivity contribution in [2.75, 3.05) is 45.9 Å². The number of hydrazone groups is 1. The van der Waals surface area contributed by atoms with Crippen LogP contribution >= 0.6 is 11.6 Å². The summed E-state index contributed by atoms with van der Waals surface area (Å²) in [6.45, 7) is 7.50. The van der Waals surface area contributed by atoms with Crippen LogP contribution in [0, 0.1) is 5.82 Å². The number of nitrogens with one attached hydrogen (secondary N) is 1. The molecule has 3 amide bonds. The molecule has 0 saturated carbocycles.